The SMILES string of the molecule is CC(C)N(CC(=O)c1cccc([N+](=O)[O-])c1)CC1CC1. The van der Waals surface area contributed by atoms with Crippen LogP contribution in [-0.4, -0.2) is 34.7 Å². The lowest BCUT2D eigenvalue weighted by Crippen LogP contribution is -2.37. The van der Waals surface area contributed by atoms with E-state index in [-0.39, 0.29) is 11.5 Å². The molecule has 20 heavy (non-hydrogen) atoms. The molecule has 1 aliphatic rings. The molecular formula is C15H20N2O3. The van der Waals surface area contributed by atoms with Gasteiger partial charge in [-0.25, -0.2) is 0 Å². The third kappa shape index (κ3) is 3.87. The van der Waals surface area contributed by atoms with Gasteiger partial charge in [0.05, 0.1) is 11.5 Å². The second-order valence-electron chi connectivity index (χ2n) is 5.70. The molecule has 1 aliphatic carbocycles. The third-order valence-corrected chi connectivity index (χ3v) is 3.65. The maximum Gasteiger partial charge on any atom is 0.270 e. The summed E-state index contributed by atoms with van der Waals surface area (Å²) in [6.45, 7) is 5.42. The van der Waals surface area contributed by atoms with E-state index in [1.807, 2.05) is 0 Å². The van der Waals surface area contributed by atoms with E-state index in [0.717, 1.165) is 12.5 Å². The van der Waals surface area contributed by atoms with Crippen molar-refractivity contribution in [3.05, 3.63) is 39.9 Å². The number of non-ortho nitro benzene ring substituents is 1. The highest BCUT2D eigenvalue weighted by Gasteiger charge is 2.26. The van der Waals surface area contributed by atoms with Crippen molar-refractivity contribution in [1.29, 1.82) is 0 Å². The molecule has 108 valence electrons. The normalized spacial score (nSPS) is 14.8. The van der Waals surface area contributed by atoms with Gasteiger partial charge in [-0.1, -0.05) is 12.1 Å². The van der Waals surface area contributed by atoms with Crippen LogP contribution in [-0.2, 0) is 0 Å². The zero-order chi connectivity index (χ0) is 14.7. The van der Waals surface area contributed by atoms with Gasteiger partial charge in [-0.15, -0.1) is 0 Å². The molecule has 0 bridgehead atoms. The number of carbonyl (C=O) groups is 1. The summed E-state index contributed by atoms with van der Waals surface area (Å²) in [7, 11) is 0. The summed E-state index contributed by atoms with van der Waals surface area (Å²) in [6, 6.07) is 6.27. The molecule has 0 aromatic heterocycles. The molecule has 0 heterocycles. The molecule has 1 fully saturated rings. The van der Waals surface area contributed by atoms with E-state index in [0.29, 0.717) is 18.2 Å². The van der Waals surface area contributed by atoms with E-state index in [2.05, 4.69) is 18.7 Å². The summed E-state index contributed by atoms with van der Waals surface area (Å²) in [5.41, 5.74) is 0.384. The maximum absolute atomic E-state index is 12.3. The molecule has 0 saturated heterocycles. The van der Waals surface area contributed by atoms with Crippen LogP contribution in [0.4, 0.5) is 5.69 Å². The molecule has 2 rings (SSSR count). The lowest BCUT2D eigenvalue weighted by molar-refractivity contribution is -0.384. The van der Waals surface area contributed by atoms with Gasteiger partial charge in [0.15, 0.2) is 5.78 Å². The fraction of sp³-hybridized carbons (Fsp3) is 0.533. The van der Waals surface area contributed by atoms with E-state index in [4.69, 9.17) is 0 Å². The Morgan fingerprint density at radius 3 is 2.70 bits per heavy atom. The summed E-state index contributed by atoms with van der Waals surface area (Å²) in [6.07, 6.45) is 2.49. The number of benzene rings is 1. The van der Waals surface area contributed by atoms with Gasteiger partial charge in [0.2, 0.25) is 0 Å². The summed E-state index contributed by atoms with van der Waals surface area (Å²) in [5, 5.41) is 10.7. The van der Waals surface area contributed by atoms with Gasteiger partial charge in [0, 0.05) is 30.3 Å². The number of nitro groups is 1. The van der Waals surface area contributed by atoms with Crippen molar-refractivity contribution < 1.29 is 9.72 Å². The molecule has 0 radical (unpaired) electrons. The Kier molecular flexibility index (Phi) is 4.49. The molecular weight excluding hydrogens is 256 g/mol. The highest BCUT2D eigenvalue weighted by molar-refractivity contribution is 5.98. The average Bonchev–Trinajstić information content (AvgIpc) is 3.21. The minimum absolute atomic E-state index is 0.0332. The molecule has 1 aromatic rings. The minimum Gasteiger partial charge on any atom is -0.293 e. The van der Waals surface area contributed by atoms with Crippen LogP contribution in [0.15, 0.2) is 24.3 Å². The van der Waals surface area contributed by atoms with E-state index < -0.39 is 4.92 Å². The Balaban J connectivity index is 2.05. The minimum atomic E-state index is -0.471. The lowest BCUT2D eigenvalue weighted by atomic mass is 10.1. The molecule has 5 heteroatoms. The van der Waals surface area contributed by atoms with Crippen molar-refractivity contribution in [2.75, 3.05) is 13.1 Å². The third-order valence-electron chi connectivity index (χ3n) is 3.65. The molecule has 0 amide bonds. The standard InChI is InChI=1S/C15H20N2O3/c1-11(2)16(9-12-6-7-12)10-15(18)13-4-3-5-14(8-13)17(19)20/h3-5,8,11-12H,6-7,9-10H2,1-2H3. The zero-order valence-corrected chi connectivity index (χ0v) is 11.9. The summed E-state index contributed by atoms with van der Waals surface area (Å²) in [4.78, 5) is 24.7. The van der Waals surface area contributed by atoms with Gasteiger partial charge in [-0.05, 0) is 32.6 Å². The van der Waals surface area contributed by atoms with Gasteiger partial charge in [0.25, 0.3) is 5.69 Å². The van der Waals surface area contributed by atoms with Gasteiger partial charge < -0.3 is 0 Å². The summed E-state index contributed by atoms with van der Waals surface area (Å²) in [5.74, 6) is 0.665. The first-order chi connectivity index (χ1) is 9.47. The van der Waals surface area contributed by atoms with E-state index in [9.17, 15) is 14.9 Å². The number of rotatable bonds is 7. The quantitative estimate of drug-likeness (QED) is 0.436. The van der Waals surface area contributed by atoms with Crippen LogP contribution in [0.2, 0.25) is 0 Å². The van der Waals surface area contributed by atoms with Crippen molar-refractivity contribution in [1.82, 2.24) is 4.90 Å². The average molecular weight is 276 g/mol. The first-order valence-electron chi connectivity index (χ1n) is 6.99. The van der Waals surface area contributed by atoms with Crippen LogP contribution in [0.3, 0.4) is 0 Å². The molecule has 0 unspecified atom stereocenters. The Morgan fingerprint density at radius 2 is 2.15 bits per heavy atom. The number of Topliss-reactive ketones (excluding diaryl/α,β-unsaturated/α-hetero) is 1. The topological polar surface area (TPSA) is 63.5 Å². The number of hydrogen-bond acceptors (Lipinski definition) is 4. The van der Waals surface area contributed by atoms with E-state index in [1.54, 1.807) is 12.1 Å². The van der Waals surface area contributed by atoms with Crippen LogP contribution in [0, 0.1) is 16.0 Å². The van der Waals surface area contributed by atoms with Crippen LogP contribution in [0.5, 0.6) is 0 Å². The van der Waals surface area contributed by atoms with E-state index >= 15 is 0 Å². The predicted octanol–water partition coefficient (Wildman–Crippen LogP) is 2.90. The first-order valence-corrected chi connectivity index (χ1v) is 6.99. The monoisotopic (exact) mass is 276 g/mol. The van der Waals surface area contributed by atoms with Crippen LogP contribution >= 0.6 is 0 Å². The highest BCUT2D eigenvalue weighted by atomic mass is 16.6. The summed E-state index contributed by atoms with van der Waals surface area (Å²) >= 11 is 0. The number of hydrogen-bond donors (Lipinski definition) is 0. The molecule has 1 aromatic carbocycles. The molecule has 1 saturated carbocycles. The fourth-order valence-corrected chi connectivity index (χ4v) is 2.16. The maximum atomic E-state index is 12.3. The number of carbonyl (C=O) groups excluding carboxylic acids is 1. The highest BCUT2D eigenvalue weighted by Crippen LogP contribution is 2.30. The second kappa shape index (κ2) is 6.13. The summed E-state index contributed by atoms with van der Waals surface area (Å²) < 4.78 is 0. The first kappa shape index (κ1) is 14.7. The predicted molar refractivity (Wildman–Crippen MR) is 76.9 cm³/mol. The van der Waals surface area contributed by atoms with Gasteiger partial charge in [-0.2, -0.15) is 0 Å². The second-order valence-corrected chi connectivity index (χ2v) is 5.70. The van der Waals surface area contributed by atoms with Crippen molar-refractivity contribution in [2.45, 2.75) is 32.7 Å². The molecule has 5 nitrogen and oxygen atoms in total. The van der Waals surface area contributed by atoms with Crippen molar-refractivity contribution >= 4 is 11.5 Å². The van der Waals surface area contributed by atoms with Gasteiger partial charge in [0.1, 0.15) is 0 Å². The van der Waals surface area contributed by atoms with Gasteiger partial charge >= 0.3 is 0 Å². The largest absolute Gasteiger partial charge is 0.293 e. The smallest absolute Gasteiger partial charge is 0.270 e. The van der Waals surface area contributed by atoms with Gasteiger partial charge in [-0.3, -0.25) is 19.8 Å². The Hall–Kier alpha value is -1.75. The number of nitro benzene ring substituents is 1. The van der Waals surface area contributed by atoms with E-state index in [1.165, 1.54) is 25.0 Å². The zero-order valence-electron chi connectivity index (χ0n) is 11.9. The number of ketones is 1. The van der Waals surface area contributed by atoms with Crippen LogP contribution < -0.4 is 0 Å². The van der Waals surface area contributed by atoms with Crippen molar-refractivity contribution in [2.24, 2.45) is 5.92 Å². The lowest BCUT2D eigenvalue weighted by Gasteiger charge is -2.25. The van der Waals surface area contributed by atoms with Crippen LogP contribution in [0.1, 0.15) is 37.0 Å². The molecule has 0 spiro atoms. The van der Waals surface area contributed by atoms with Crippen LogP contribution in [0.25, 0.3) is 0 Å². The molecule has 0 N–H and O–H groups in total. The Bertz CT molecular complexity index is 510. The Labute approximate surface area is 118 Å². The molecule has 0 aliphatic heterocycles. The Morgan fingerprint density at radius 1 is 1.45 bits per heavy atom. The van der Waals surface area contributed by atoms with Crippen molar-refractivity contribution in [3.63, 3.8) is 0 Å². The molecule has 0 atom stereocenters. The fourth-order valence-electron chi connectivity index (χ4n) is 2.16. The number of nitrogens with zero attached hydrogens (tertiary/aromatic N) is 2. The van der Waals surface area contributed by atoms with Crippen molar-refractivity contribution in [3.8, 4) is 0 Å².